The zero-order valence-electron chi connectivity index (χ0n) is 27.7. The molecule has 0 spiro atoms. The minimum Gasteiger partial charge on any atom is -0.314 e. The molecular weight excluding hydrogens is 569 g/mol. The Balaban J connectivity index is 1.22. The first-order valence-corrected chi connectivity index (χ1v) is 17.3. The molecule has 7 rings (SSSR count). The van der Waals surface area contributed by atoms with Crippen molar-refractivity contribution in [2.24, 2.45) is 0 Å². The molecule has 0 aromatic heterocycles. The van der Waals surface area contributed by atoms with Crippen molar-refractivity contribution in [3.8, 4) is 0 Å². The van der Waals surface area contributed by atoms with Gasteiger partial charge in [0.05, 0.1) is 11.4 Å². The van der Waals surface area contributed by atoms with E-state index in [9.17, 15) is 0 Å². The summed E-state index contributed by atoms with van der Waals surface area (Å²) < 4.78 is 0. The normalized spacial score (nSPS) is 16.3. The maximum absolute atomic E-state index is 2.50. The van der Waals surface area contributed by atoms with E-state index in [1.807, 2.05) is 0 Å². The van der Waals surface area contributed by atoms with Crippen LogP contribution in [0, 0.1) is 0 Å². The van der Waals surface area contributed by atoms with Gasteiger partial charge in [0.2, 0.25) is 0 Å². The van der Waals surface area contributed by atoms with Crippen LogP contribution in [-0.2, 0) is 6.42 Å². The van der Waals surface area contributed by atoms with Gasteiger partial charge < -0.3 is 9.80 Å². The summed E-state index contributed by atoms with van der Waals surface area (Å²) in [5.41, 5.74) is 13.4. The van der Waals surface area contributed by atoms with Crippen LogP contribution in [0.15, 0.2) is 168 Å². The molecule has 0 bridgehead atoms. The Kier molecular flexibility index (Phi) is 9.19. The molecule has 3 aliphatic carbocycles. The van der Waals surface area contributed by atoms with Gasteiger partial charge in [-0.3, -0.25) is 0 Å². The monoisotopic (exact) mass is 612 g/mol. The van der Waals surface area contributed by atoms with Gasteiger partial charge in [-0.25, -0.2) is 0 Å². The summed E-state index contributed by atoms with van der Waals surface area (Å²) in [5.74, 6) is 0. The topological polar surface area (TPSA) is 6.48 Å². The lowest BCUT2D eigenvalue weighted by molar-refractivity contribution is 0.822. The summed E-state index contributed by atoms with van der Waals surface area (Å²) in [5, 5.41) is 2.54. The molecule has 0 saturated carbocycles. The average Bonchev–Trinajstić information content (AvgIpc) is 3.14. The van der Waals surface area contributed by atoms with Crippen LogP contribution in [0.2, 0.25) is 0 Å². The van der Waals surface area contributed by atoms with Gasteiger partial charge in [0.15, 0.2) is 0 Å². The molecule has 0 amide bonds. The number of fused-ring (bicyclic) bond motifs is 2. The number of allylic oxidation sites excluding steroid dienone is 12. The third-order valence-electron chi connectivity index (χ3n) is 9.62. The van der Waals surface area contributed by atoms with Gasteiger partial charge in [0.25, 0.3) is 0 Å². The highest BCUT2D eigenvalue weighted by atomic mass is 15.2. The number of rotatable bonds is 9. The summed E-state index contributed by atoms with van der Waals surface area (Å²) in [6, 6.07) is 33.0. The molecule has 0 unspecified atom stereocenters. The lowest BCUT2D eigenvalue weighted by Gasteiger charge is -2.34. The van der Waals surface area contributed by atoms with Crippen LogP contribution >= 0.6 is 0 Å². The first-order chi connectivity index (χ1) is 23.2. The van der Waals surface area contributed by atoms with E-state index in [0.717, 1.165) is 44.9 Å². The smallest absolute Gasteiger partial charge is 0.0536 e. The van der Waals surface area contributed by atoms with Gasteiger partial charge in [-0.1, -0.05) is 110 Å². The van der Waals surface area contributed by atoms with Crippen molar-refractivity contribution in [2.45, 2.75) is 58.8 Å². The van der Waals surface area contributed by atoms with Crippen LogP contribution in [0.5, 0.6) is 0 Å². The van der Waals surface area contributed by atoms with Crippen LogP contribution in [0.1, 0.15) is 63.5 Å². The number of hydrogen-bond acceptors (Lipinski definition) is 2. The summed E-state index contributed by atoms with van der Waals surface area (Å²) in [6.45, 7) is 4.36. The third kappa shape index (κ3) is 6.33. The zero-order chi connectivity index (χ0) is 32.0. The fourth-order valence-corrected chi connectivity index (χ4v) is 7.24. The third-order valence-corrected chi connectivity index (χ3v) is 9.62. The Morgan fingerprint density at radius 2 is 1.38 bits per heavy atom. The van der Waals surface area contributed by atoms with Crippen molar-refractivity contribution in [3.05, 3.63) is 179 Å². The van der Waals surface area contributed by atoms with Crippen LogP contribution in [-0.4, -0.2) is 0 Å². The fraction of sp³-hybridized carbons (Fsp3) is 0.200. The molecular formula is C45H44N2. The summed E-state index contributed by atoms with van der Waals surface area (Å²) in [4.78, 5) is 4.96. The van der Waals surface area contributed by atoms with Gasteiger partial charge in [0.1, 0.15) is 0 Å². The summed E-state index contributed by atoms with van der Waals surface area (Å²) in [6.07, 6.45) is 28.3. The van der Waals surface area contributed by atoms with Gasteiger partial charge in [0, 0.05) is 33.7 Å². The van der Waals surface area contributed by atoms with Crippen molar-refractivity contribution in [2.75, 3.05) is 9.80 Å². The Morgan fingerprint density at radius 1 is 0.681 bits per heavy atom. The standard InChI is InChI=1S/C45H44N2/c1-3-5-19-38(4-2)46(44-24-13-17-36-15-9-11-22-42(36)44)40-30-26-34(27-31-40)35-28-32-41(33-29-35)47(39-20-7-6-8-21-39)45-25-14-18-37-16-10-12-23-43(37)45/h4-8,10-14,16-26,28,30,32H,3,9,15,27,29,31,33H2,1-2H3/b19-5-,38-4+. The lowest BCUT2D eigenvalue weighted by atomic mass is 9.88. The highest BCUT2D eigenvalue weighted by molar-refractivity contribution is 5.97. The molecule has 0 N–H and O–H groups in total. The second-order valence-electron chi connectivity index (χ2n) is 12.5. The first-order valence-electron chi connectivity index (χ1n) is 17.3. The molecule has 4 aromatic rings. The first kappa shape index (κ1) is 30.6. The molecule has 0 heterocycles. The van der Waals surface area contributed by atoms with E-state index in [4.69, 9.17) is 0 Å². The number of nitrogens with zero attached hydrogens (tertiary/aromatic N) is 2. The Hall–Kier alpha value is -5.08. The molecule has 0 radical (unpaired) electrons. The van der Waals surface area contributed by atoms with Crippen molar-refractivity contribution in [3.63, 3.8) is 0 Å². The van der Waals surface area contributed by atoms with Crippen molar-refractivity contribution < 1.29 is 0 Å². The van der Waals surface area contributed by atoms with Crippen LogP contribution < -0.4 is 9.80 Å². The van der Waals surface area contributed by atoms with E-state index in [2.05, 4.69) is 169 Å². The molecule has 2 nitrogen and oxygen atoms in total. The second-order valence-corrected chi connectivity index (χ2v) is 12.5. The number of hydrogen-bond donors (Lipinski definition) is 0. The Bertz CT molecular complexity index is 1970. The molecule has 234 valence electrons. The van der Waals surface area contributed by atoms with Crippen LogP contribution in [0.25, 0.3) is 16.8 Å². The predicted molar refractivity (Wildman–Crippen MR) is 203 cm³/mol. The summed E-state index contributed by atoms with van der Waals surface area (Å²) >= 11 is 0. The molecule has 3 aliphatic rings. The van der Waals surface area contributed by atoms with E-state index in [1.165, 1.54) is 67.2 Å². The van der Waals surface area contributed by atoms with Crippen LogP contribution in [0.4, 0.5) is 17.1 Å². The highest BCUT2D eigenvalue weighted by Gasteiger charge is 2.24. The molecule has 0 saturated heterocycles. The molecule has 0 atom stereocenters. The average molecular weight is 613 g/mol. The highest BCUT2D eigenvalue weighted by Crippen LogP contribution is 2.41. The van der Waals surface area contributed by atoms with Gasteiger partial charge in [-0.05, 0) is 116 Å². The SMILES string of the molecule is C/C=C(\C=C/CC)N(C1=CC=C(C2=CC=C(N(c3ccccc3)c3cccc4ccccc34)CC2)CC1)c1cccc2c1C=CCC2. The minimum absolute atomic E-state index is 0.997. The van der Waals surface area contributed by atoms with Crippen LogP contribution in [0.3, 0.4) is 0 Å². The summed E-state index contributed by atoms with van der Waals surface area (Å²) in [7, 11) is 0. The fourth-order valence-electron chi connectivity index (χ4n) is 7.24. The van der Waals surface area contributed by atoms with Crippen molar-refractivity contribution in [1.29, 1.82) is 0 Å². The van der Waals surface area contributed by atoms with E-state index in [-0.39, 0.29) is 0 Å². The number of benzene rings is 4. The van der Waals surface area contributed by atoms with Gasteiger partial charge >= 0.3 is 0 Å². The molecule has 0 fully saturated rings. The van der Waals surface area contributed by atoms with E-state index in [1.54, 1.807) is 0 Å². The molecule has 0 aliphatic heterocycles. The maximum atomic E-state index is 2.50. The van der Waals surface area contributed by atoms with E-state index >= 15 is 0 Å². The number of para-hydroxylation sites is 1. The minimum atomic E-state index is 0.997. The quantitative estimate of drug-likeness (QED) is 0.174. The molecule has 2 heteroatoms. The number of aryl methyl sites for hydroxylation is 1. The number of anilines is 3. The van der Waals surface area contributed by atoms with E-state index in [0.29, 0.717) is 0 Å². The van der Waals surface area contributed by atoms with Crippen molar-refractivity contribution >= 4 is 33.9 Å². The molecule has 47 heavy (non-hydrogen) atoms. The van der Waals surface area contributed by atoms with Gasteiger partial charge in [-0.2, -0.15) is 0 Å². The molecule has 4 aromatic carbocycles. The maximum Gasteiger partial charge on any atom is 0.0536 e. The Labute approximate surface area is 280 Å². The second kappa shape index (κ2) is 14.1. The van der Waals surface area contributed by atoms with Gasteiger partial charge in [-0.15, -0.1) is 0 Å². The zero-order valence-corrected chi connectivity index (χ0v) is 27.7. The Morgan fingerprint density at radius 3 is 2.13 bits per heavy atom. The predicted octanol–water partition coefficient (Wildman–Crippen LogP) is 12.5. The van der Waals surface area contributed by atoms with E-state index < -0.39 is 0 Å². The van der Waals surface area contributed by atoms with Crippen molar-refractivity contribution in [1.82, 2.24) is 0 Å². The largest absolute Gasteiger partial charge is 0.314 e. The lowest BCUT2D eigenvalue weighted by Crippen LogP contribution is -2.24.